The largest absolute Gasteiger partial charge is 0.496 e. The second-order valence-electron chi connectivity index (χ2n) is 6.19. The van der Waals surface area contributed by atoms with Crippen molar-refractivity contribution < 1.29 is 19.1 Å². The Bertz CT molecular complexity index is 1020. The van der Waals surface area contributed by atoms with Crippen LogP contribution < -0.4 is 9.47 Å². The molecular formula is C24H20O4. The van der Waals surface area contributed by atoms with Gasteiger partial charge in [-0.3, -0.25) is 4.79 Å². The lowest BCUT2D eigenvalue weighted by atomic mass is 10.1. The van der Waals surface area contributed by atoms with Crippen LogP contribution >= 0.6 is 0 Å². The van der Waals surface area contributed by atoms with E-state index in [-0.39, 0.29) is 11.5 Å². The van der Waals surface area contributed by atoms with Crippen LogP contribution in [-0.2, 0) is 0 Å². The Balaban J connectivity index is 1.81. The zero-order chi connectivity index (χ0) is 19.9. The van der Waals surface area contributed by atoms with Crippen LogP contribution in [0.3, 0.4) is 0 Å². The summed E-state index contributed by atoms with van der Waals surface area (Å²) in [7, 11) is 1.58. The molecule has 0 aromatic heterocycles. The number of allylic oxidation sites excluding steroid dienone is 1. The van der Waals surface area contributed by atoms with Gasteiger partial charge in [-0.05, 0) is 49.4 Å². The zero-order valence-corrected chi connectivity index (χ0v) is 15.7. The summed E-state index contributed by atoms with van der Waals surface area (Å²) in [6, 6.07) is 21.2. The molecule has 0 unspecified atom stereocenters. The number of para-hydroxylation sites is 2. The van der Waals surface area contributed by atoms with Gasteiger partial charge in [0.25, 0.3) is 0 Å². The lowest BCUT2D eigenvalue weighted by molar-refractivity contribution is 0.0733. The number of ether oxygens (including phenoxy) is 2. The Hall–Kier alpha value is -3.66. The molecular weight excluding hydrogens is 352 g/mol. The second kappa shape index (κ2) is 8.82. The number of hydrogen-bond donors (Lipinski definition) is 0. The topological polar surface area (TPSA) is 52.6 Å². The van der Waals surface area contributed by atoms with E-state index in [0.717, 1.165) is 11.1 Å². The van der Waals surface area contributed by atoms with E-state index in [4.69, 9.17) is 9.47 Å². The van der Waals surface area contributed by atoms with Crippen molar-refractivity contribution in [3.05, 3.63) is 101 Å². The quantitative estimate of drug-likeness (QED) is 0.261. The zero-order valence-electron chi connectivity index (χ0n) is 15.7. The highest BCUT2D eigenvalue weighted by Gasteiger charge is 2.14. The molecule has 0 amide bonds. The number of rotatable bonds is 6. The highest BCUT2D eigenvalue weighted by molar-refractivity contribution is 6.09. The second-order valence-corrected chi connectivity index (χ2v) is 6.19. The number of benzene rings is 3. The van der Waals surface area contributed by atoms with Gasteiger partial charge < -0.3 is 9.47 Å². The van der Waals surface area contributed by atoms with Crippen LogP contribution in [0, 0.1) is 6.92 Å². The molecule has 4 nitrogen and oxygen atoms in total. The van der Waals surface area contributed by atoms with Gasteiger partial charge in [-0.15, -0.1) is 0 Å². The minimum absolute atomic E-state index is 0.225. The molecule has 0 saturated heterocycles. The smallest absolute Gasteiger partial charge is 0.343 e. The molecule has 0 heterocycles. The number of ketones is 1. The average molecular weight is 372 g/mol. The summed E-state index contributed by atoms with van der Waals surface area (Å²) < 4.78 is 10.8. The van der Waals surface area contributed by atoms with Crippen molar-refractivity contribution in [2.75, 3.05) is 7.11 Å². The average Bonchev–Trinajstić information content (AvgIpc) is 2.73. The number of carbonyl (C=O) groups excluding carboxylic acids is 2. The van der Waals surface area contributed by atoms with Crippen LogP contribution in [0.4, 0.5) is 0 Å². The maximum atomic E-state index is 12.7. The summed E-state index contributed by atoms with van der Waals surface area (Å²) >= 11 is 0. The number of hydrogen-bond acceptors (Lipinski definition) is 4. The van der Waals surface area contributed by atoms with Crippen LogP contribution in [0.2, 0.25) is 0 Å². The standard InChI is InChI=1S/C24H20O4/c1-17-11-13-19(14-12-17)24(26)28-23-10-6-4-8-20(23)21(25)16-15-18-7-3-5-9-22(18)27-2/h3-16H,1-2H3. The predicted molar refractivity (Wildman–Crippen MR) is 109 cm³/mol. The van der Waals surface area contributed by atoms with E-state index in [2.05, 4.69) is 0 Å². The lowest BCUT2D eigenvalue weighted by Crippen LogP contribution is -2.11. The molecule has 0 aliphatic heterocycles. The first-order valence-corrected chi connectivity index (χ1v) is 8.82. The Morgan fingerprint density at radius 2 is 1.46 bits per heavy atom. The van der Waals surface area contributed by atoms with Crippen LogP contribution in [0.5, 0.6) is 11.5 Å². The molecule has 28 heavy (non-hydrogen) atoms. The van der Waals surface area contributed by atoms with Gasteiger partial charge in [-0.25, -0.2) is 4.79 Å². The van der Waals surface area contributed by atoms with Crippen LogP contribution in [-0.4, -0.2) is 18.9 Å². The van der Waals surface area contributed by atoms with Crippen molar-refractivity contribution in [1.82, 2.24) is 0 Å². The number of carbonyl (C=O) groups is 2. The fourth-order valence-corrected chi connectivity index (χ4v) is 2.67. The summed E-state index contributed by atoms with van der Waals surface area (Å²) in [5, 5.41) is 0. The summed E-state index contributed by atoms with van der Waals surface area (Å²) in [6.45, 7) is 1.94. The molecule has 0 aliphatic rings. The Morgan fingerprint density at radius 3 is 2.18 bits per heavy atom. The Morgan fingerprint density at radius 1 is 0.821 bits per heavy atom. The highest BCUT2D eigenvalue weighted by atomic mass is 16.5. The maximum absolute atomic E-state index is 12.7. The molecule has 0 bridgehead atoms. The molecule has 0 spiro atoms. The van der Waals surface area contributed by atoms with E-state index >= 15 is 0 Å². The molecule has 0 aliphatic carbocycles. The first-order valence-electron chi connectivity index (χ1n) is 8.82. The predicted octanol–water partition coefficient (Wildman–Crippen LogP) is 5.12. The molecule has 0 atom stereocenters. The van der Waals surface area contributed by atoms with Gasteiger partial charge in [0.05, 0.1) is 18.2 Å². The van der Waals surface area contributed by atoms with Gasteiger partial charge in [0.1, 0.15) is 11.5 Å². The molecule has 0 radical (unpaired) electrons. The molecule has 0 saturated carbocycles. The van der Waals surface area contributed by atoms with E-state index < -0.39 is 5.97 Å². The minimum atomic E-state index is -0.506. The fourth-order valence-electron chi connectivity index (χ4n) is 2.67. The van der Waals surface area contributed by atoms with Gasteiger partial charge >= 0.3 is 5.97 Å². The van der Waals surface area contributed by atoms with Crippen molar-refractivity contribution in [3.63, 3.8) is 0 Å². The van der Waals surface area contributed by atoms with Gasteiger partial charge in [0.2, 0.25) is 0 Å². The molecule has 0 N–H and O–H groups in total. The Labute approximate surface area is 164 Å². The third-order valence-electron chi connectivity index (χ3n) is 4.20. The van der Waals surface area contributed by atoms with Crippen molar-refractivity contribution in [3.8, 4) is 11.5 Å². The van der Waals surface area contributed by atoms with Crippen LogP contribution in [0.1, 0.15) is 31.8 Å². The molecule has 4 heteroatoms. The normalized spacial score (nSPS) is 10.6. The third-order valence-corrected chi connectivity index (χ3v) is 4.20. The molecule has 3 aromatic rings. The summed E-state index contributed by atoms with van der Waals surface area (Å²) in [5.74, 6) is 0.126. The molecule has 0 fully saturated rings. The van der Waals surface area contributed by atoms with Gasteiger partial charge in [-0.2, -0.15) is 0 Å². The summed E-state index contributed by atoms with van der Waals surface area (Å²) in [5.41, 5.74) is 2.58. The van der Waals surface area contributed by atoms with Gasteiger partial charge in [0, 0.05) is 5.56 Å². The number of aryl methyl sites for hydroxylation is 1. The van der Waals surface area contributed by atoms with Gasteiger partial charge in [-0.1, -0.05) is 48.0 Å². The number of methoxy groups -OCH3 is 1. The Kier molecular flexibility index (Phi) is 6.02. The SMILES string of the molecule is COc1ccccc1C=CC(=O)c1ccccc1OC(=O)c1ccc(C)cc1. The maximum Gasteiger partial charge on any atom is 0.343 e. The first kappa shape index (κ1) is 19.1. The van der Waals surface area contributed by atoms with E-state index in [1.165, 1.54) is 6.08 Å². The monoisotopic (exact) mass is 372 g/mol. The lowest BCUT2D eigenvalue weighted by Gasteiger charge is -2.08. The van der Waals surface area contributed by atoms with Gasteiger partial charge in [0.15, 0.2) is 5.78 Å². The van der Waals surface area contributed by atoms with Crippen molar-refractivity contribution in [2.24, 2.45) is 0 Å². The third kappa shape index (κ3) is 4.54. The number of esters is 1. The van der Waals surface area contributed by atoms with Crippen molar-refractivity contribution in [2.45, 2.75) is 6.92 Å². The minimum Gasteiger partial charge on any atom is -0.496 e. The van der Waals surface area contributed by atoms with E-state index in [9.17, 15) is 9.59 Å². The van der Waals surface area contributed by atoms with Crippen molar-refractivity contribution >= 4 is 17.8 Å². The molecule has 3 rings (SSSR count). The summed E-state index contributed by atoms with van der Waals surface area (Å²) in [4.78, 5) is 25.1. The highest BCUT2D eigenvalue weighted by Crippen LogP contribution is 2.23. The molecule has 140 valence electrons. The van der Waals surface area contributed by atoms with E-state index in [1.807, 2.05) is 43.3 Å². The van der Waals surface area contributed by atoms with Crippen LogP contribution in [0.15, 0.2) is 78.9 Å². The van der Waals surface area contributed by atoms with E-state index in [0.29, 0.717) is 16.9 Å². The van der Waals surface area contributed by atoms with E-state index in [1.54, 1.807) is 49.6 Å². The fraction of sp³-hybridized carbons (Fsp3) is 0.0833. The summed E-state index contributed by atoms with van der Waals surface area (Å²) in [6.07, 6.45) is 3.12. The molecule has 3 aromatic carbocycles. The van der Waals surface area contributed by atoms with Crippen LogP contribution in [0.25, 0.3) is 6.08 Å². The van der Waals surface area contributed by atoms with Crippen molar-refractivity contribution in [1.29, 1.82) is 0 Å². The first-order chi connectivity index (χ1) is 13.6.